The molecule has 0 fully saturated rings. The number of rotatable bonds is 23. The van der Waals surface area contributed by atoms with Crippen molar-refractivity contribution in [1.29, 1.82) is 0 Å². The highest BCUT2D eigenvalue weighted by Gasteiger charge is 2.17. The van der Waals surface area contributed by atoms with Crippen molar-refractivity contribution < 1.29 is 36.7 Å². The molecule has 4 aromatic heterocycles. The minimum atomic E-state index is -0.296. The number of aromatic nitrogens is 8. The molecule has 20 heteroatoms. The van der Waals surface area contributed by atoms with Crippen LogP contribution in [-0.2, 0) is 70.5 Å². The summed E-state index contributed by atoms with van der Waals surface area (Å²) in [5, 5.41) is 13.7. The predicted octanol–water partition coefficient (Wildman–Crippen LogP) is 18.4. The number of nitrogens with zero attached hydrogens (tertiary/aromatic N) is 8. The first-order valence-corrected chi connectivity index (χ1v) is 35.3. The van der Waals surface area contributed by atoms with Crippen molar-refractivity contribution in [3.05, 3.63) is 324 Å². The number of hydrogen-bond donors (Lipinski definition) is 4. The Morgan fingerprint density at radius 2 is 0.598 bits per heavy atom. The zero-order valence-corrected chi connectivity index (χ0v) is 59.7. The first-order valence-electron chi connectivity index (χ1n) is 35.3. The van der Waals surface area contributed by atoms with Crippen LogP contribution in [0.5, 0.6) is 0 Å². The molecule has 107 heavy (non-hydrogen) atoms. The number of carbonyl (C=O) groups is 4. The van der Waals surface area contributed by atoms with Gasteiger partial charge in [-0.25, -0.2) is 57.4 Å². The average Bonchev–Trinajstić information content (AvgIpc) is 0.847. The largest absolute Gasteiger partial charge is 0.309 e. The fourth-order valence-electron chi connectivity index (χ4n) is 11.2. The number of hydrogen-bond acceptors (Lipinski definition) is 12. The maximum absolute atomic E-state index is 13.1. The van der Waals surface area contributed by atoms with Crippen LogP contribution in [0, 0.1) is 23.3 Å². The number of aryl methyl sites for hydroxylation is 6. The molecular weight excluding hydrogens is 1350 g/mol. The Kier molecular flexibility index (Phi) is 28.1. The maximum Gasteiger partial charge on any atom is 0.229 e. The summed E-state index contributed by atoms with van der Waals surface area (Å²) in [6.45, 7) is 7.82. The van der Waals surface area contributed by atoms with Crippen LogP contribution in [0.1, 0.15) is 92.0 Å². The van der Waals surface area contributed by atoms with Crippen LogP contribution in [0.15, 0.2) is 255 Å². The molecule has 0 aliphatic carbocycles. The van der Waals surface area contributed by atoms with Gasteiger partial charge < -0.3 is 21.3 Å². The lowest BCUT2D eigenvalue weighted by Crippen LogP contribution is -2.17. The Balaban J connectivity index is 0.000000153. The van der Waals surface area contributed by atoms with Crippen molar-refractivity contribution in [2.24, 2.45) is 0 Å². The van der Waals surface area contributed by atoms with Gasteiger partial charge in [0.15, 0.2) is 23.3 Å². The van der Waals surface area contributed by atoms with E-state index in [4.69, 9.17) is 0 Å². The van der Waals surface area contributed by atoms with Crippen molar-refractivity contribution in [3.8, 4) is 45.0 Å². The first-order chi connectivity index (χ1) is 52.1. The molecule has 0 radical (unpaired) electrons. The number of fused-ring (bicyclic) bond motifs is 1. The van der Waals surface area contributed by atoms with E-state index in [0.717, 1.165) is 62.6 Å². The highest BCUT2D eigenvalue weighted by atomic mass is 19.1. The molecule has 0 unspecified atom stereocenters. The minimum Gasteiger partial charge on any atom is -0.309 e. The van der Waals surface area contributed by atoms with Crippen molar-refractivity contribution in [1.82, 2.24) is 39.9 Å². The quantitative estimate of drug-likeness (QED) is 0.0440. The van der Waals surface area contributed by atoms with E-state index >= 15 is 0 Å². The van der Waals surface area contributed by atoms with E-state index in [9.17, 15) is 36.7 Å². The van der Waals surface area contributed by atoms with Gasteiger partial charge in [0.25, 0.3) is 0 Å². The molecule has 4 amide bonds. The molecule has 0 aliphatic heterocycles. The van der Waals surface area contributed by atoms with Gasteiger partial charge in [0, 0.05) is 35.1 Å². The van der Waals surface area contributed by atoms with Gasteiger partial charge in [-0.15, -0.1) is 0 Å². The molecule has 0 aliphatic rings. The van der Waals surface area contributed by atoms with Gasteiger partial charge in [-0.2, -0.15) is 0 Å². The first kappa shape index (κ1) is 76.8. The third kappa shape index (κ3) is 23.3. The highest BCUT2D eigenvalue weighted by molar-refractivity contribution is 5.94. The molecule has 0 saturated heterocycles. The van der Waals surface area contributed by atoms with Gasteiger partial charge in [-0.3, -0.25) is 19.2 Å². The van der Waals surface area contributed by atoms with Crippen LogP contribution in [0.2, 0.25) is 0 Å². The molecule has 9 aromatic carbocycles. The number of nitrogens with one attached hydrogen (secondary N) is 4. The van der Waals surface area contributed by atoms with Gasteiger partial charge in [0.1, 0.15) is 23.3 Å². The van der Waals surface area contributed by atoms with Gasteiger partial charge in [-0.05, 0) is 175 Å². The molecule has 0 atom stereocenters. The highest BCUT2D eigenvalue weighted by Crippen LogP contribution is 2.27. The third-order valence-corrected chi connectivity index (χ3v) is 16.9. The van der Waals surface area contributed by atoms with E-state index < -0.39 is 0 Å². The molecule has 4 heterocycles. The van der Waals surface area contributed by atoms with Gasteiger partial charge in [-0.1, -0.05) is 161 Å². The Morgan fingerprint density at radius 1 is 0.299 bits per heavy atom. The number of benzene rings is 9. The monoisotopic (exact) mass is 1430 g/mol. The average molecular weight is 1430 g/mol. The SMILES string of the molecule is CCc1nc(-c2ccc(F)cc2)cnc1NC(=O)CCCc1ccccc1.CCc1nc(-c2ccc(F)cc2)cnc1NC(=O)CCc1ccccc1.CCc1nc(-c2ccc(F)cc2)cnc1NC(=O)Cc1ccc2ccccc2c1.CCc1nc(-c2ccc(F)cc2)cnc1NC(=O)Cc1ccccc1. The second-order valence-corrected chi connectivity index (χ2v) is 24.7. The van der Waals surface area contributed by atoms with E-state index in [0.29, 0.717) is 114 Å². The summed E-state index contributed by atoms with van der Waals surface area (Å²) in [6, 6.07) is 68.0. The lowest BCUT2D eigenvalue weighted by atomic mass is 10.0. The summed E-state index contributed by atoms with van der Waals surface area (Å²) in [5.41, 5.74) is 12.8. The fraction of sp³-hybridized carbons (Fsp3) is 0.172. The second-order valence-electron chi connectivity index (χ2n) is 24.7. The van der Waals surface area contributed by atoms with Crippen LogP contribution in [0.4, 0.5) is 40.8 Å². The minimum absolute atomic E-state index is 0.0653. The van der Waals surface area contributed by atoms with Crippen molar-refractivity contribution in [2.45, 2.75) is 98.3 Å². The van der Waals surface area contributed by atoms with Crippen LogP contribution in [-0.4, -0.2) is 63.5 Å². The van der Waals surface area contributed by atoms with Crippen LogP contribution >= 0.6 is 0 Å². The van der Waals surface area contributed by atoms with Crippen molar-refractivity contribution in [3.63, 3.8) is 0 Å². The molecular formula is C87H80F4N12O4. The van der Waals surface area contributed by atoms with Crippen molar-refractivity contribution >= 4 is 57.7 Å². The molecule has 0 saturated carbocycles. The van der Waals surface area contributed by atoms with Gasteiger partial charge >= 0.3 is 0 Å². The Hall–Kier alpha value is -12.8. The standard InChI is InChI=1S/C24H20FN3O.C22H22FN3O.C21H20FN3O.C20H18FN3O/c1-2-21-24(26-15-22(27-21)18-9-11-20(25)12-10-18)28-23(29)14-16-7-8-17-5-3-4-6-19(17)13-16;1-2-19-22(24-15-20(25-19)17-11-13-18(23)14-12-17)26-21(27)10-6-9-16-7-4-3-5-8-16;1-2-18-21(25-20(26)13-8-15-6-4-3-5-7-15)23-14-19(24-18)16-9-11-17(22)12-10-16;1-2-17-20(24-19(25)12-14-6-4-3-5-7-14)22-13-18(23-17)15-8-10-16(21)11-9-15/h3-13,15H,2,14H2,1H3,(H,26,28,29);3-5,7-8,11-15H,2,6,9-10H2,1H3,(H,24,26,27);3-7,9-12,14H,2,8,13H2,1H3,(H,23,25,26);3-11,13H,2,12H2,1H3,(H,22,24,25). The summed E-state index contributed by atoms with van der Waals surface area (Å²) in [6.07, 6.45) is 12.6. The van der Waals surface area contributed by atoms with E-state index in [1.54, 1.807) is 73.3 Å². The van der Waals surface area contributed by atoms with Crippen LogP contribution in [0.3, 0.4) is 0 Å². The zero-order chi connectivity index (χ0) is 75.3. The summed E-state index contributed by atoms with van der Waals surface area (Å²) in [4.78, 5) is 85.0. The van der Waals surface area contributed by atoms with Crippen LogP contribution < -0.4 is 21.3 Å². The third-order valence-electron chi connectivity index (χ3n) is 16.9. The normalized spacial score (nSPS) is 10.6. The summed E-state index contributed by atoms with van der Waals surface area (Å²) in [5.74, 6) is 0.303. The Morgan fingerprint density at radius 3 is 0.953 bits per heavy atom. The second kappa shape index (κ2) is 39.2. The zero-order valence-electron chi connectivity index (χ0n) is 59.7. The number of carbonyl (C=O) groups excluding carboxylic acids is 4. The topological polar surface area (TPSA) is 220 Å². The van der Waals surface area contributed by atoms with E-state index in [-0.39, 0.29) is 59.7 Å². The predicted molar refractivity (Wildman–Crippen MR) is 414 cm³/mol. The molecule has 13 aromatic rings. The van der Waals surface area contributed by atoms with E-state index in [2.05, 4.69) is 73.3 Å². The van der Waals surface area contributed by atoms with Gasteiger partial charge in [0.2, 0.25) is 23.6 Å². The Labute approximate surface area is 619 Å². The summed E-state index contributed by atoms with van der Waals surface area (Å²) >= 11 is 0. The maximum atomic E-state index is 13.1. The molecule has 4 N–H and O–H groups in total. The molecule has 0 spiro atoms. The molecule has 540 valence electrons. The van der Waals surface area contributed by atoms with Crippen LogP contribution in [0.25, 0.3) is 55.8 Å². The van der Waals surface area contributed by atoms with E-state index in [1.807, 2.05) is 149 Å². The number of halogens is 4. The lowest BCUT2D eigenvalue weighted by molar-refractivity contribution is -0.117. The van der Waals surface area contributed by atoms with Gasteiger partial charge in [0.05, 0.1) is 83.2 Å². The smallest absolute Gasteiger partial charge is 0.229 e. The number of amides is 4. The molecule has 16 nitrogen and oxygen atoms in total. The molecule has 0 bridgehead atoms. The summed E-state index contributed by atoms with van der Waals surface area (Å²) < 4.78 is 52.3. The lowest BCUT2D eigenvalue weighted by Gasteiger charge is -2.10. The summed E-state index contributed by atoms with van der Waals surface area (Å²) in [7, 11) is 0. The fourth-order valence-corrected chi connectivity index (χ4v) is 11.2. The van der Waals surface area contributed by atoms with E-state index in [1.165, 1.54) is 54.1 Å². The molecule has 13 rings (SSSR count). The Bertz CT molecular complexity index is 5090. The van der Waals surface area contributed by atoms with Crippen molar-refractivity contribution in [2.75, 3.05) is 21.3 Å². The number of anilines is 4.